The Morgan fingerprint density at radius 3 is 3.00 bits per heavy atom. The molecule has 0 fully saturated rings. The zero-order valence-corrected chi connectivity index (χ0v) is 8.13. The van der Waals surface area contributed by atoms with E-state index in [0.717, 1.165) is 11.3 Å². The van der Waals surface area contributed by atoms with E-state index in [9.17, 15) is 9.59 Å². The molecule has 0 saturated heterocycles. The molecular formula is C7H8N2O4S. The van der Waals surface area contributed by atoms with Gasteiger partial charge in [0, 0.05) is 0 Å². The predicted octanol–water partition coefficient (Wildman–Crippen LogP) is 0.426. The maximum Gasteiger partial charge on any atom is 0.357 e. The van der Waals surface area contributed by atoms with Gasteiger partial charge in [0.2, 0.25) is 0 Å². The first-order valence-corrected chi connectivity index (χ1v) is 4.50. The molecule has 0 spiro atoms. The second-order valence-electron chi connectivity index (χ2n) is 2.26. The second kappa shape index (κ2) is 4.56. The quantitative estimate of drug-likeness (QED) is 0.709. The summed E-state index contributed by atoms with van der Waals surface area (Å²) < 4.78 is 4.38. The van der Waals surface area contributed by atoms with Crippen molar-refractivity contribution in [2.75, 3.05) is 19.0 Å². The minimum absolute atomic E-state index is 0.0705. The van der Waals surface area contributed by atoms with Gasteiger partial charge >= 0.3 is 11.9 Å². The van der Waals surface area contributed by atoms with Crippen LogP contribution in [0.3, 0.4) is 0 Å². The number of esters is 1. The van der Waals surface area contributed by atoms with E-state index < -0.39 is 11.9 Å². The van der Waals surface area contributed by atoms with Crippen LogP contribution < -0.4 is 5.32 Å². The number of carboxylic acid groups (broad SMARTS) is 1. The van der Waals surface area contributed by atoms with Crippen LogP contribution in [0.25, 0.3) is 0 Å². The van der Waals surface area contributed by atoms with Gasteiger partial charge in [-0.2, -0.15) is 0 Å². The number of ether oxygens (including phenoxy) is 1. The summed E-state index contributed by atoms with van der Waals surface area (Å²) in [7, 11) is 1.26. The Kier molecular flexibility index (Phi) is 3.41. The Labute approximate surface area is 83.5 Å². The molecular weight excluding hydrogens is 208 g/mol. The molecule has 7 heteroatoms. The number of carbonyl (C=O) groups excluding carboxylic acids is 1. The minimum Gasteiger partial charge on any atom is -0.476 e. The van der Waals surface area contributed by atoms with Crippen LogP contribution in [0.4, 0.5) is 5.00 Å². The van der Waals surface area contributed by atoms with Crippen LogP contribution >= 0.6 is 11.3 Å². The average Bonchev–Trinajstić information content (AvgIpc) is 2.62. The van der Waals surface area contributed by atoms with Crippen LogP contribution in [0.15, 0.2) is 5.51 Å². The standard InChI is InChI=1S/C7H8N2O4S/c1-13-4(10)2-8-6-5(7(11)12)9-3-14-6/h3,8H,2H2,1H3,(H,11,12). The lowest BCUT2D eigenvalue weighted by atomic mass is 10.4. The van der Waals surface area contributed by atoms with E-state index in [2.05, 4.69) is 15.0 Å². The molecule has 0 aliphatic heterocycles. The highest BCUT2D eigenvalue weighted by Crippen LogP contribution is 2.19. The molecule has 1 heterocycles. The molecule has 0 unspecified atom stereocenters. The number of hydrogen-bond acceptors (Lipinski definition) is 6. The molecule has 0 aliphatic rings. The first-order valence-electron chi connectivity index (χ1n) is 3.62. The van der Waals surface area contributed by atoms with E-state index in [1.165, 1.54) is 12.6 Å². The summed E-state index contributed by atoms with van der Waals surface area (Å²) >= 11 is 1.12. The van der Waals surface area contributed by atoms with Gasteiger partial charge in [-0.1, -0.05) is 0 Å². The van der Waals surface area contributed by atoms with Crippen molar-refractivity contribution in [2.45, 2.75) is 0 Å². The highest BCUT2D eigenvalue weighted by Gasteiger charge is 2.13. The van der Waals surface area contributed by atoms with Gasteiger partial charge in [-0.3, -0.25) is 4.79 Å². The monoisotopic (exact) mass is 216 g/mol. The number of anilines is 1. The molecule has 1 aromatic rings. The number of aromatic carboxylic acids is 1. The van der Waals surface area contributed by atoms with E-state index in [4.69, 9.17) is 5.11 Å². The molecule has 14 heavy (non-hydrogen) atoms. The van der Waals surface area contributed by atoms with Crippen molar-refractivity contribution in [2.24, 2.45) is 0 Å². The maximum absolute atomic E-state index is 10.7. The molecule has 76 valence electrons. The van der Waals surface area contributed by atoms with Gasteiger partial charge in [0.25, 0.3) is 0 Å². The molecule has 0 amide bonds. The summed E-state index contributed by atoms with van der Waals surface area (Å²) in [5.41, 5.74) is 1.31. The molecule has 1 aromatic heterocycles. The number of hydrogen-bond donors (Lipinski definition) is 2. The van der Waals surface area contributed by atoms with Crippen molar-refractivity contribution in [3.8, 4) is 0 Å². The van der Waals surface area contributed by atoms with Crippen LogP contribution in [0, 0.1) is 0 Å². The third-order valence-corrected chi connectivity index (χ3v) is 2.18. The zero-order valence-electron chi connectivity index (χ0n) is 7.31. The number of rotatable bonds is 4. The minimum atomic E-state index is -1.13. The van der Waals surface area contributed by atoms with Gasteiger partial charge < -0.3 is 15.2 Å². The van der Waals surface area contributed by atoms with Crippen LogP contribution in [0.5, 0.6) is 0 Å². The highest BCUT2D eigenvalue weighted by atomic mass is 32.1. The molecule has 0 aromatic carbocycles. The summed E-state index contributed by atoms with van der Waals surface area (Å²) in [6.45, 7) is -0.0705. The zero-order chi connectivity index (χ0) is 10.6. The molecule has 0 aliphatic carbocycles. The molecule has 0 saturated carbocycles. The summed E-state index contributed by atoms with van der Waals surface area (Å²) in [5.74, 6) is -1.59. The summed E-state index contributed by atoms with van der Waals surface area (Å²) in [4.78, 5) is 24.9. The summed E-state index contributed by atoms with van der Waals surface area (Å²) in [6.07, 6.45) is 0. The van der Waals surface area contributed by atoms with Gasteiger partial charge in [-0.15, -0.1) is 11.3 Å². The molecule has 0 atom stereocenters. The van der Waals surface area contributed by atoms with Gasteiger partial charge in [-0.25, -0.2) is 9.78 Å². The molecule has 0 bridgehead atoms. The van der Waals surface area contributed by atoms with Gasteiger partial charge in [-0.05, 0) is 0 Å². The maximum atomic E-state index is 10.7. The van der Waals surface area contributed by atoms with Crippen molar-refractivity contribution in [1.29, 1.82) is 0 Å². The van der Waals surface area contributed by atoms with Crippen LogP contribution in [-0.4, -0.2) is 35.7 Å². The van der Waals surface area contributed by atoms with Gasteiger partial charge in [0.15, 0.2) is 5.69 Å². The number of carbonyl (C=O) groups is 2. The Balaban J connectivity index is 2.63. The van der Waals surface area contributed by atoms with Crippen molar-refractivity contribution in [3.05, 3.63) is 11.2 Å². The fraction of sp³-hybridized carbons (Fsp3) is 0.286. The number of aromatic nitrogens is 1. The van der Waals surface area contributed by atoms with Crippen molar-refractivity contribution in [3.63, 3.8) is 0 Å². The summed E-state index contributed by atoms with van der Waals surface area (Å²) in [6, 6.07) is 0. The Morgan fingerprint density at radius 1 is 1.71 bits per heavy atom. The van der Waals surface area contributed by atoms with Crippen molar-refractivity contribution < 1.29 is 19.4 Å². The Morgan fingerprint density at radius 2 is 2.43 bits per heavy atom. The van der Waals surface area contributed by atoms with Gasteiger partial charge in [0.1, 0.15) is 11.5 Å². The summed E-state index contributed by atoms with van der Waals surface area (Å²) in [5, 5.41) is 11.6. The van der Waals surface area contributed by atoms with E-state index in [0.29, 0.717) is 5.00 Å². The smallest absolute Gasteiger partial charge is 0.357 e. The lowest BCUT2D eigenvalue weighted by Crippen LogP contribution is -2.15. The molecule has 2 N–H and O–H groups in total. The molecule has 1 rings (SSSR count). The molecule has 0 radical (unpaired) electrons. The number of nitrogens with zero attached hydrogens (tertiary/aromatic N) is 1. The van der Waals surface area contributed by atoms with Crippen LogP contribution in [-0.2, 0) is 9.53 Å². The lowest BCUT2D eigenvalue weighted by Gasteiger charge is -2.01. The van der Waals surface area contributed by atoms with E-state index in [-0.39, 0.29) is 12.2 Å². The van der Waals surface area contributed by atoms with E-state index in [1.54, 1.807) is 0 Å². The van der Waals surface area contributed by atoms with Crippen LogP contribution in [0.2, 0.25) is 0 Å². The SMILES string of the molecule is COC(=O)CNc1scnc1C(=O)O. The van der Waals surface area contributed by atoms with Crippen LogP contribution in [0.1, 0.15) is 10.5 Å². The second-order valence-corrected chi connectivity index (χ2v) is 3.12. The average molecular weight is 216 g/mol. The fourth-order valence-corrected chi connectivity index (χ4v) is 1.42. The van der Waals surface area contributed by atoms with Crippen molar-refractivity contribution in [1.82, 2.24) is 4.98 Å². The largest absolute Gasteiger partial charge is 0.476 e. The normalized spacial score (nSPS) is 9.50. The number of thiazole rings is 1. The number of methoxy groups -OCH3 is 1. The third kappa shape index (κ3) is 2.43. The fourth-order valence-electron chi connectivity index (χ4n) is 0.749. The molecule has 6 nitrogen and oxygen atoms in total. The topological polar surface area (TPSA) is 88.5 Å². The first-order chi connectivity index (χ1) is 6.65. The Hall–Kier alpha value is -1.63. The lowest BCUT2D eigenvalue weighted by molar-refractivity contribution is -0.138. The van der Waals surface area contributed by atoms with E-state index in [1.807, 2.05) is 0 Å². The number of carboxylic acids is 1. The first kappa shape index (κ1) is 10.5. The Bertz CT molecular complexity index is 349. The number of nitrogens with one attached hydrogen (secondary N) is 1. The van der Waals surface area contributed by atoms with Crippen molar-refractivity contribution >= 4 is 28.3 Å². The van der Waals surface area contributed by atoms with Gasteiger partial charge in [0.05, 0.1) is 12.6 Å². The third-order valence-electron chi connectivity index (χ3n) is 1.39. The highest BCUT2D eigenvalue weighted by molar-refractivity contribution is 7.14. The predicted molar refractivity (Wildman–Crippen MR) is 49.6 cm³/mol. The van der Waals surface area contributed by atoms with E-state index >= 15 is 0 Å².